The molecule has 104 valence electrons. The van der Waals surface area contributed by atoms with E-state index in [1.807, 2.05) is 16.7 Å². The molecule has 2 rings (SSSR count). The third-order valence-electron chi connectivity index (χ3n) is 3.37. The lowest BCUT2D eigenvalue weighted by Crippen LogP contribution is -2.33. The number of hydrogen-bond acceptors (Lipinski definition) is 3. The molecule has 0 spiro atoms. The van der Waals surface area contributed by atoms with Crippen molar-refractivity contribution < 1.29 is 4.79 Å². The molecule has 0 atom stereocenters. The number of benzene rings is 1. The van der Waals surface area contributed by atoms with Gasteiger partial charge in [0.2, 0.25) is 0 Å². The van der Waals surface area contributed by atoms with Crippen molar-refractivity contribution in [1.29, 1.82) is 0 Å². The fourth-order valence-electron chi connectivity index (χ4n) is 2.08. The highest BCUT2D eigenvalue weighted by Crippen LogP contribution is 2.31. The van der Waals surface area contributed by atoms with Crippen molar-refractivity contribution in [2.24, 2.45) is 0 Å². The maximum atomic E-state index is 12.4. The van der Waals surface area contributed by atoms with Crippen LogP contribution in [0.3, 0.4) is 0 Å². The Kier molecular flexibility index (Phi) is 4.31. The fraction of sp³-hybridized carbons (Fsp3) is 0.500. The minimum absolute atomic E-state index is 0.0432. The molecule has 1 fully saturated rings. The van der Waals surface area contributed by atoms with Crippen LogP contribution in [0.5, 0.6) is 0 Å². The van der Waals surface area contributed by atoms with Gasteiger partial charge in [0.25, 0.3) is 5.91 Å². The van der Waals surface area contributed by atoms with Crippen molar-refractivity contribution in [2.75, 3.05) is 24.6 Å². The molecule has 5 heteroatoms. The number of anilines is 1. The van der Waals surface area contributed by atoms with Crippen molar-refractivity contribution >= 4 is 35.0 Å². The van der Waals surface area contributed by atoms with Gasteiger partial charge >= 0.3 is 0 Å². The lowest BCUT2D eigenvalue weighted by Gasteiger charge is -2.23. The quantitative estimate of drug-likeness (QED) is 0.809. The second kappa shape index (κ2) is 5.63. The maximum Gasteiger partial charge on any atom is 0.253 e. The van der Waals surface area contributed by atoms with E-state index in [1.165, 1.54) is 0 Å². The molecule has 1 aromatic rings. The highest BCUT2D eigenvalue weighted by Gasteiger charge is 2.26. The Morgan fingerprint density at radius 2 is 2.16 bits per heavy atom. The molecule has 3 nitrogen and oxygen atoms in total. The van der Waals surface area contributed by atoms with Gasteiger partial charge in [-0.1, -0.05) is 25.4 Å². The molecule has 2 N–H and O–H groups in total. The zero-order valence-electron chi connectivity index (χ0n) is 11.3. The largest absolute Gasteiger partial charge is 0.398 e. The number of nitrogen functional groups attached to an aromatic ring is 1. The lowest BCUT2D eigenvalue weighted by atomic mass is 10.1. The number of hydrogen-bond donors (Lipinski definition) is 1. The third kappa shape index (κ3) is 3.57. The van der Waals surface area contributed by atoms with Crippen LogP contribution in [0.4, 0.5) is 5.69 Å². The smallest absolute Gasteiger partial charge is 0.253 e. The summed E-state index contributed by atoms with van der Waals surface area (Å²) in [5.41, 5.74) is 6.83. The van der Waals surface area contributed by atoms with Crippen LogP contribution in [0.25, 0.3) is 0 Å². The molecule has 1 saturated heterocycles. The van der Waals surface area contributed by atoms with Crippen LogP contribution < -0.4 is 5.73 Å². The summed E-state index contributed by atoms with van der Waals surface area (Å²) in [6, 6.07) is 5.08. The zero-order valence-corrected chi connectivity index (χ0v) is 12.9. The van der Waals surface area contributed by atoms with E-state index in [0.717, 1.165) is 25.3 Å². The molecule has 1 aliphatic rings. The molecule has 0 radical (unpaired) electrons. The van der Waals surface area contributed by atoms with Crippen molar-refractivity contribution in [1.82, 2.24) is 4.90 Å². The SMILES string of the molecule is CC1(C)CCN(C(=O)c2ccc(Cl)c(N)c2)CCS1. The number of nitrogens with zero attached hydrogens (tertiary/aromatic N) is 1. The summed E-state index contributed by atoms with van der Waals surface area (Å²) in [6.45, 7) is 6.04. The van der Waals surface area contributed by atoms with E-state index in [1.54, 1.807) is 18.2 Å². The molecule has 0 bridgehead atoms. The minimum Gasteiger partial charge on any atom is -0.398 e. The van der Waals surface area contributed by atoms with Gasteiger partial charge < -0.3 is 10.6 Å². The van der Waals surface area contributed by atoms with Crippen molar-refractivity contribution in [3.8, 4) is 0 Å². The van der Waals surface area contributed by atoms with Gasteiger partial charge in [0, 0.05) is 29.2 Å². The number of rotatable bonds is 1. The predicted octanol–water partition coefficient (Wildman–Crippen LogP) is 3.28. The van der Waals surface area contributed by atoms with Crippen LogP contribution in [-0.2, 0) is 0 Å². The average Bonchev–Trinajstić information content (AvgIpc) is 2.53. The van der Waals surface area contributed by atoms with E-state index in [4.69, 9.17) is 17.3 Å². The summed E-state index contributed by atoms with van der Waals surface area (Å²) in [4.78, 5) is 14.4. The summed E-state index contributed by atoms with van der Waals surface area (Å²) in [5, 5.41) is 0.490. The Hall–Kier alpha value is -0.870. The van der Waals surface area contributed by atoms with E-state index in [9.17, 15) is 4.79 Å². The normalized spacial score (nSPS) is 19.0. The molecule has 1 aliphatic heterocycles. The Bertz CT molecular complexity index is 490. The van der Waals surface area contributed by atoms with E-state index in [0.29, 0.717) is 16.3 Å². The summed E-state index contributed by atoms with van der Waals surface area (Å²) < 4.78 is 0.244. The van der Waals surface area contributed by atoms with Crippen molar-refractivity contribution in [3.05, 3.63) is 28.8 Å². The van der Waals surface area contributed by atoms with Crippen LogP contribution in [-0.4, -0.2) is 34.4 Å². The molecule has 0 unspecified atom stereocenters. The van der Waals surface area contributed by atoms with E-state index >= 15 is 0 Å². The third-order valence-corrected chi connectivity index (χ3v) is 5.08. The second-order valence-electron chi connectivity index (χ2n) is 5.39. The summed E-state index contributed by atoms with van der Waals surface area (Å²) in [5.74, 6) is 1.02. The number of halogens is 1. The number of nitrogens with two attached hydrogens (primary N) is 1. The van der Waals surface area contributed by atoms with Gasteiger partial charge in [-0.05, 0) is 24.6 Å². The first-order valence-corrected chi connectivity index (χ1v) is 7.74. The standard InChI is InChI=1S/C14H19ClN2OS/c1-14(2)5-6-17(7-8-19-14)13(18)10-3-4-11(15)12(16)9-10/h3-4,9H,5-8,16H2,1-2H3. The zero-order chi connectivity index (χ0) is 14.0. The first kappa shape index (κ1) is 14.5. The summed E-state index contributed by atoms with van der Waals surface area (Å²) >= 11 is 7.80. The topological polar surface area (TPSA) is 46.3 Å². The number of thioether (sulfide) groups is 1. The Balaban J connectivity index is 2.13. The molecule has 1 amide bonds. The van der Waals surface area contributed by atoms with Crippen LogP contribution in [0.15, 0.2) is 18.2 Å². The molecule has 1 aromatic carbocycles. The molecular weight excluding hydrogens is 280 g/mol. The predicted molar refractivity (Wildman–Crippen MR) is 82.9 cm³/mol. The van der Waals surface area contributed by atoms with Gasteiger partial charge in [-0.3, -0.25) is 4.79 Å². The van der Waals surface area contributed by atoms with E-state index < -0.39 is 0 Å². The van der Waals surface area contributed by atoms with Gasteiger partial charge in [-0.25, -0.2) is 0 Å². The van der Waals surface area contributed by atoms with Crippen molar-refractivity contribution in [2.45, 2.75) is 25.0 Å². The molecule has 1 heterocycles. The monoisotopic (exact) mass is 298 g/mol. The summed E-state index contributed by atoms with van der Waals surface area (Å²) in [6.07, 6.45) is 1.01. The number of carbonyl (C=O) groups is 1. The summed E-state index contributed by atoms with van der Waals surface area (Å²) in [7, 11) is 0. The molecule has 19 heavy (non-hydrogen) atoms. The number of carbonyl (C=O) groups excluding carboxylic acids is 1. The van der Waals surface area contributed by atoms with Gasteiger partial charge in [-0.15, -0.1) is 0 Å². The van der Waals surface area contributed by atoms with Crippen molar-refractivity contribution in [3.63, 3.8) is 0 Å². The van der Waals surface area contributed by atoms with E-state index in [-0.39, 0.29) is 10.7 Å². The van der Waals surface area contributed by atoms with Gasteiger partial charge in [0.05, 0.1) is 10.7 Å². The average molecular weight is 299 g/mol. The van der Waals surface area contributed by atoms with Gasteiger partial charge in [-0.2, -0.15) is 11.8 Å². The van der Waals surface area contributed by atoms with Crippen LogP contribution >= 0.6 is 23.4 Å². The highest BCUT2D eigenvalue weighted by atomic mass is 35.5. The van der Waals surface area contributed by atoms with Crippen LogP contribution in [0.1, 0.15) is 30.6 Å². The Labute approximate surface area is 123 Å². The molecular formula is C14H19ClN2OS. The fourth-order valence-corrected chi connectivity index (χ4v) is 3.30. The first-order chi connectivity index (χ1) is 8.89. The Morgan fingerprint density at radius 1 is 1.42 bits per heavy atom. The van der Waals surface area contributed by atoms with E-state index in [2.05, 4.69) is 13.8 Å². The van der Waals surface area contributed by atoms with Gasteiger partial charge in [0.15, 0.2) is 0 Å². The maximum absolute atomic E-state index is 12.4. The number of amides is 1. The second-order valence-corrected chi connectivity index (χ2v) is 7.60. The lowest BCUT2D eigenvalue weighted by molar-refractivity contribution is 0.0764. The Morgan fingerprint density at radius 3 is 2.84 bits per heavy atom. The molecule has 0 aromatic heterocycles. The molecule has 0 aliphatic carbocycles. The highest BCUT2D eigenvalue weighted by molar-refractivity contribution is 8.00. The van der Waals surface area contributed by atoms with Crippen LogP contribution in [0.2, 0.25) is 5.02 Å². The van der Waals surface area contributed by atoms with Gasteiger partial charge in [0.1, 0.15) is 0 Å². The van der Waals surface area contributed by atoms with Crippen LogP contribution in [0, 0.1) is 0 Å². The first-order valence-electron chi connectivity index (χ1n) is 6.37. The molecule has 0 saturated carbocycles. The minimum atomic E-state index is 0.0432.